The number of morpholine rings is 1. The zero-order valence-corrected chi connectivity index (χ0v) is 14.7. The predicted molar refractivity (Wildman–Crippen MR) is 90.5 cm³/mol. The van der Waals surface area contributed by atoms with Crippen molar-refractivity contribution in [2.24, 2.45) is 11.7 Å². The highest BCUT2D eigenvalue weighted by Crippen LogP contribution is 2.25. The molecular weight excluding hydrogens is 324 g/mol. The number of rotatable bonds is 2. The van der Waals surface area contributed by atoms with Gasteiger partial charge in [0.05, 0.1) is 19.1 Å². The van der Waals surface area contributed by atoms with Crippen LogP contribution in [0.25, 0.3) is 0 Å². The van der Waals surface area contributed by atoms with Crippen molar-refractivity contribution in [3.63, 3.8) is 0 Å². The Morgan fingerprint density at radius 1 is 0.880 bits per heavy atom. The Balaban J connectivity index is 1.51. The number of piperidine rings is 2. The zero-order valence-electron chi connectivity index (χ0n) is 14.7. The largest absolute Gasteiger partial charge is 0.378 e. The van der Waals surface area contributed by atoms with Gasteiger partial charge in [0.1, 0.15) is 0 Å². The maximum Gasteiger partial charge on any atom is 0.311 e. The van der Waals surface area contributed by atoms with Crippen LogP contribution in [-0.4, -0.2) is 90.9 Å². The second kappa shape index (κ2) is 8.14. The lowest BCUT2D eigenvalue weighted by Crippen LogP contribution is -2.53. The van der Waals surface area contributed by atoms with Gasteiger partial charge in [-0.25, -0.2) is 0 Å². The van der Waals surface area contributed by atoms with Gasteiger partial charge in [-0.3, -0.25) is 19.3 Å². The van der Waals surface area contributed by atoms with Gasteiger partial charge in [0.25, 0.3) is 0 Å². The Labute approximate surface area is 148 Å². The molecule has 3 aliphatic heterocycles. The summed E-state index contributed by atoms with van der Waals surface area (Å²) in [5, 5.41) is 0. The number of likely N-dealkylation sites (tertiary alicyclic amines) is 2. The summed E-state index contributed by atoms with van der Waals surface area (Å²) in [6.07, 6.45) is 3.64. The van der Waals surface area contributed by atoms with Gasteiger partial charge in [-0.05, 0) is 32.2 Å². The van der Waals surface area contributed by atoms with Crippen molar-refractivity contribution in [3.05, 3.63) is 0 Å². The first-order valence-electron chi connectivity index (χ1n) is 9.25. The Morgan fingerprint density at radius 3 is 2.20 bits per heavy atom. The molecule has 3 amide bonds. The molecule has 0 saturated carbocycles. The van der Waals surface area contributed by atoms with E-state index in [0.29, 0.717) is 45.4 Å². The summed E-state index contributed by atoms with van der Waals surface area (Å²) in [6.45, 7) is 5.58. The van der Waals surface area contributed by atoms with Crippen LogP contribution in [-0.2, 0) is 19.1 Å². The fraction of sp³-hybridized carbons (Fsp3) is 0.824. The molecule has 0 aromatic carbocycles. The Kier molecular flexibility index (Phi) is 5.90. The van der Waals surface area contributed by atoms with Gasteiger partial charge in [0, 0.05) is 38.8 Å². The van der Waals surface area contributed by atoms with Crippen molar-refractivity contribution in [2.45, 2.75) is 31.7 Å². The van der Waals surface area contributed by atoms with Crippen LogP contribution in [0.5, 0.6) is 0 Å². The molecule has 140 valence electrons. The van der Waals surface area contributed by atoms with Gasteiger partial charge in [0.2, 0.25) is 5.91 Å². The molecule has 0 aromatic rings. The molecule has 8 nitrogen and oxygen atoms in total. The van der Waals surface area contributed by atoms with Crippen LogP contribution in [0.2, 0.25) is 0 Å². The Bertz CT molecular complexity index is 513. The lowest BCUT2D eigenvalue weighted by molar-refractivity contribution is -0.145. The van der Waals surface area contributed by atoms with Crippen molar-refractivity contribution < 1.29 is 19.1 Å². The van der Waals surface area contributed by atoms with Crippen molar-refractivity contribution in [1.82, 2.24) is 14.7 Å². The number of hydrogen-bond donors (Lipinski definition) is 1. The topological polar surface area (TPSA) is 96.2 Å². The molecule has 0 bridgehead atoms. The smallest absolute Gasteiger partial charge is 0.311 e. The number of primary amides is 1. The van der Waals surface area contributed by atoms with Crippen LogP contribution in [0.15, 0.2) is 0 Å². The summed E-state index contributed by atoms with van der Waals surface area (Å²) in [5.74, 6) is -1.14. The normalized spacial score (nSPS) is 26.5. The second-order valence-corrected chi connectivity index (χ2v) is 7.16. The van der Waals surface area contributed by atoms with Crippen LogP contribution >= 0.6 is 0 Å². The molecule has 1 atom stereocenters. The first-order chi connectivity index (χ1) is 12.1. The van der Waals surface area contributed by atoms with E-state index < -0.39 is 11.8 Å². The predicted octanol–water partition coefficient (Wildman–Crippen LogP) is -0.966. The lowest BCUT2D eigenvalue weighted by Gasteiger charge is -2.42. The van der Waals surface area contributed by atoms with Crippen LogP contribution in [0, 0.1) is 5.92 Å². The SMILES string of the molecule is NC(=O)C(=O)N1CCC(N2CCC[C@@H](C(=O)N3CCOCC3)C2)CC1. The molecule has 0 spiro atoms. The molecule has 8 heteroatoms. The van der Waals surface area contributed by atoms with E-state index in [1.165, 1.54) is 0 Å². The number of carbonyl (C=O) groups excluding carboxylic acids is 3. The van der Waals surface area contributed by atoms with Gasteiger partial charge < -0.3 is 20.3 Å². The first kappa shape index (κ1) is 18.1. The van der Waals surface area contributed by atoms with Crippen LogP contribution in [0.3, 0.4) is 0 Å². The molecule has 3 rings (SSSR count). The van der Waals surface area contributed by atoms with Crippen LogP contribution in [0.1, 0.15) is 25.7 Å². The molecule has 0 radical (unpaired) electrons. The molecule has 0 aliphatic carbocycles. The molecule has 3 aliphatic rings. The van der Waals surface area contributed by atoms with E-state index in [4.69, 9.17) is 10.5 Å². The Hall–Kier alpha value is -1.67. The summed E-state index contributed by atoms with van der Waals surface area (Å²) in [5.41, 5.74) is 5.08. The third-order valence-electron chi connectivity index (χ3n) is 5.60. The third-order valence-corrected chi connectivity index (χ3v) is 5.60. The minimum absolute atomic E-state index is 0.0668. The van der Waals surface area contributed by atoms with E-state index >= 15 is 0 Å². The molecule has 3 heterocycles. The molecule has 0 unspecified atom stereocenters. The minimum Gasteiger partial charge on any atom is -0.378 e. The average Bonchev–Trinajstić information content (AvgIpc) is 2.67. The van der Waals surface area contributed by atoms with Gasteiger partial charge in [-0.1, -0.05) is 0 Å². The van der Waals surface area contributed by atoms with Gasteiger partial charge in [-0.15, -0.1) is 0 Å². The van der Waals surface area contributed by atoms with Gasteiger partial charge >= 0.3 is 11.8 Å². The van der Waals surface area contributed by atoms with Crippen LogP contribution in [0.4, 0.5) is 0 Å². The highest BCUT2D eigenvalue weighted by atomic mass is 16.5. The summed E-state index contributed by atoms with van der Waals surface area (Å²) < 4.78 is 5.33. The first-order valence-corrected chi connectivity index (χ1v) is 9.25. The molecule has 2 N–H and O–H groups in total. The summed E-state index contributed by atoms with van der Waals surface area (Å²) in [7, 11) is 0. The van der Waals surface area contributed by atoms with Gasteiger partial charge in [-0.2, -0.15) is 0 Å². The van der Waals surface area contributed by atoms with E-state index in [0.717, 1.165) is 38.8 Å². The summed E-state index contributed by atoms with van der Waals surface area (Å²) in [6, 6.07) is 0.372. The van der Waals surface area contributed by atoms with Gasteiger partial charge in [0.15, 0.2) is 0 Å². The van der Waals surface area contributed by atoms with E-state index in [-0.39, 0.29) is 11.8 Å². The van der Waals surface area contributed by atoms with Crippen molar-refractivity contribution in [1.29, 1.82) is 0 Å². The average molecular weight is 352 g/mol. The van der Waals surface area contributed by atoms with Crippen LogP contribution < -0.4 is 5.73 Å². The van der Waals surface area contributed by atoms with E-state index in [1.807, 2.05) is 4.90 Å². The second-order valence-electron chi connectivity index (χ2n) is 7.16. The fourth-order valence-corrected chi connectivity index (χ4v) is 4.17. The van der Waals surface area contributed by atoms with E-state index in [9.17, 15) is 14.4 Å². The van der Waals surface area contributed by atoms with E-state index in [1.54, 1.807) is 4.90 Å². The number of nitrogens with zero attached hydrogens (tertiary/aromatic N) is 3. The molecule has 3 saturated heterocycles. The number of nitrogens with two attached hydrogens (primary N) is 1. The zero-order chi connectivity index (χ0) is 17.8. The quantitative estimate of drug-likeness (QED) is 0.646. The number of amides is 3. The number of carbonyl (C=O) groups is 3. The summed E-state index contributed by atoms with van der Waals surface area (Å²) in [4.78, 5) is 41.3. The maximum atomic E-state index is 12.7. The van der Waals surface area contributed by atoms with E-state index in [2.05, 4.69) is 4.90 Å². The highest BCUT2D eigenvalue weighted by Gasteiger charge is 2.34. The highest BCUT2D eigenvalue weighted by molar-refractivity contribution is 6.34. The monoisotopic (exact) mass is 352 g/mol. The van der Waals surface area contributed by atoms with Crippen molar-refractivity contribution >= 4 is 17.7 Å². The van der Waals surface area contributed by atoms with Crippen molar-refractivity contribution in [2.75, 3.05) is 52.5 Å². The minimum atomic E-state index is -0.882. The Morgan fingerprint density at radius 2 is 1.56 bits per heavy atom. The third kappa shape index (κ3) is 4.30. The fourth-order valence-electron chi connectivity index (χ4n) is 4.17. The number of ether oxygens (including phenoxy) is 1. The van der Waals surface area contributed by atoms with Crippen molar-refractivity contribution in [3.8, 4) is 0 Å². The summed E-state index contributed by atoms with van der Waals surface area (Å²) >= 11 is 0. The number of hydrogen-bond acceptors (Lipinski definition) is 5. The molecular formula is C17H28N4O4. The molecule has 0 aromatic heterocycles. The lowest BCUT2D eigenvalue weighted by atomic mass is 9.92. The molecule has 3 fully saturated rings. The maximum absolute atomic E-state index is 12.7. The standard InChI is InChI=1S/C17H28N4O4/c18-15(22)17(24)19-6-3-14(4-7-19)21-5-1-2-13(12-21)16(23)20-8-10-25-11-9-20/h13-14H,1-12H2,(H2,18,22)/t13-/m1/s1. The molecule has 25 heavy (non-hydrogen) atoms.